The summed E-state index contributed by atoms with van der Waals surface area (Å²) >= 11 is 0. The highest BCUT2D eigenvalue weighted by Crippen LogP contribution is 2.25. The second-order valence-corrected chi connectivity index (χ2v) is 6.31. The number of aliphatic imine (C=N–C) groups is 1. The molecule has 7 nitrogen and oxygen atoms in total. The van der Waals surface area contributed by atoms with E-state index in [4.69, 9.17) is 14.2 Å². The predicted molar refractivity (Wildman–Crippen MR) is 122 cm³/mol. The third-order valence-corrected chi connectivity index (χ3v) is 4.13. The Bertz CT molecular complexity index is 866. The van der Waals surface area contributed by atoms with Crippen molar-refractivity contribution in [3.63, 3.8) is 0 Å². The van der Waals surface area contributed by atoms with E-state index in [1.807, 2.05) is 24.1 Å². The number of nitrogens with zero attached hydrogens (tertiary/aromatic N) is 3. The second kappa shape index (κ2) is 12.4. The van der Waals surface area contributed by atoms with Gasteiger partial charge in [-0.25, -0.2) is 4.98 Å². The van der Waals surface area contributed by atoms with Gasteiger partial charge in [0.25, 0.3) is 0 Å². The van der Waals surface area contributed by atoms with E-state index in [2.05, 4.69) is 15.3 Å². The largest absolute Gasteiger partial charge is 0.497 e. The lowest BCUT2D eigenvalue weighted by atomic mass is 10.2. The zero-order chi connectivity index (χ0) is 22.1. The molecular weight excluding hydrogens is 528 g/mol. The van der Waals surface area contributed by atoms with Crippen LogP contribution in [0.5, 0.6) is 17.4 Å². The first-order valence-electron chi connectivity index (χ1n) is 9.03. The van der Waals surface area contributed by atoms with Crippen LogP contribution in [0.15, 0.2) is 41.5 Å². The molecule has 0 atom stereocenters. The smallest absolute Gasteiger partial charge is 0.422 e. The van der Waals surface area contributed by atoms with Gasteiger partial charge in [-0.15, -0.1) is 24.0 Å². The fraction of sp³-hybridized carbons (Fsp3) is 0.400. The Morgan fingerprint density at radius 2 is 1.90 bits per heavy atom. The van der Waals surface area contributed by atoms with Crippen LogP contribution in [0.2, 0.25) is 0 Å². The van der Waals surface area contributed by atoms with Gasteiger partial charge in [-0.3, -0.25) is 4.99 Å². The first-order valence-corrected chi connectivity index (χ1v) is 9.03. The normalized spacial score (nSPS) is 11.4. The fourth-order valence-electron chi connectivity index (χ4n) is 2.71. The van der Waals surface area contributed by atoms with E-state index >= 15 is 0 Å². The lowest BCUT2D eigenvalue weighted by Gasteiger charge is -2.23. The van der Waals surface area contributed by atoms with Crippen LogP contribution >= 0.6 is 24.0 Å². The monoisotopic (exact) mass is 554 g/mol. The van der Waals surface area contributed by atoms with Crippen LogP contribution < -0.4 is 19.5 Å². The number of alkyl halides is 3. The van der Waals surface area contributed by atoms with E-state index < -0.39 is 12.8 Å². The van der Waals surface area contributed by atoms with Crippen molar-refractivity contribution in [1.82, 2.24) is 15.2 Å². The topological polar surface area (TPSA) is 68.2 Å². The minimum atomic E-state index is -4.43. The zero-order valence-electron chi connectivity index (χ0n) is 17.7. The van der Waals surface area contributed by atoms with Gasteiger partial charge in [-0.2, -0.15) is 13.2 Å². The molecule has 0 saturated carbocycles. The van der Waals surface area contributed by atoms with Crippen LogP contribution in [0, 0.1) is 0 Å². The molecule has 0 fully saturated rings. The molecule has 0 aliphatic heterocycles. The minimum absolute atomic E-state index is 0. The van der Waals surface area contributed by atoms with E-state index in [1.165, 1.54) is 6.20 Å². The number of nitrogens with one attached hydrogen (secondary N) is 1. The van der Waals surface area contributed by atoms with Crippen molar-refractivity contribution in [1.29, 1.82) is 0 Å². The quantitative estimate of drug-likeness (QED) is 0.304. The number of aromatic nitrogens is 1. The molecule has 172 valence electrons. The zero-order valence-corrected chi connectivity index (χ0v) is 20.0. The number of benzene rings is 1. The molecule has 2 aromatic rings. The number of methoxy groups -OCH3 is 2. The van der Waals surface area contributed by atoms with Crippen LogP contribution in [0.25, 0.3) is 0 Å². The summed E-state index contributed by atoms with van der Waals surface area (Å²) in [5.41, 5.74) is 1.40. The van der Waals surface area contributed by atoms with Crippen molar-refractivity contribution in [3.8, 4) is 17.4 Å². The summed E-state index contributed by atoms with van der Waals surface area (Å²) in [5, 5.41) is 3.11. The number of pyridine rings is 1. The van der Waals surface area contributed by atoms with Crippen molar-refractivity contribution < 1.29 is 27.4 Å². The number of rotatable bonds is 8. The van der Waals surface area contributed by atoms with E-state index in [0.29, 0.717) is 29.6 Å². The van der Waals surface area contributed by atoms with Gasteiger partial charge in [0, 0.05) is 50.6 Å². The Hall–Kier alpha value is -2.44. The lowest BCUT2D eigenvalue weighted by molar-refractivity contribution is -0.154. The maximum atomic E-state index is 12.5. The van der Waals surface area contributed by atoms with Gasteiger partial charge >= 0.3 is 6.18 Å². The molecule has 1 heterocycles. The summed E-state index contributed by atoms with van der Waals surface area (Å²) in [5.74, 6) is 1.83. The number of hydrogen-bond donors (Lipinski definition) is 1. The molecular formula is C20H26F3IN4O3. The highest BCUT2D eigenvalue weighted by Gasteiger charge is 2.29. The SMILES string of the molecule is CN=C(NCc1cccnc1OCC(F)(F)F)N(C)Cc1ccc(OC)cc1OC.I. The first kappa shape index (κ1) is 26.6. The third kappa shape index (κ3) is 8.31. The molecule has 1 aromatic carbocycles. The average Bonchev–Trinajstić information content (AvgIpc) is 2.73. The fourth-order valence-corrected chi connectivity index (χ4v) is 2.71. The lowest BCUT2D eigenvalue weighted by Crippen LogP contribution is -2.38. The summed E-state index contributed by atoms with van der Waals surface area (Å²) in [6.07, 6.45) is -3.05. The van der Waals surface area contributed by atoms with Crippen molar-refractivity contribution in [3.05, 3.63) is 47.7 Å². The first-order chi connectivity index (χ1) is 14.3. The predicted octanol–water partition coefficient (Wildman–Crippen LogP) is 3.87. The van der Waals surface area contributed by atoms with Crippen LogP contribution in [-0.2, 0) is 13.1 Å². The number of halogens is 4. The minimum Gasteiger partial charge on any atom is -0.497 e. The Morgan fingerprint density at radius 1 is 1.16 bits per heavy atom. The summed E-state index contributed by atoms with van der Waals surface area (Å²) in [6.45, 7) is -0.724. The molecule has 11 heteroatoms. The molecule has 0 saturated heterocycles. The van der Waals surface area contributed by atoms with Gasteiger partial charge in [0.2, 0.25) is 5.88 Å². The van der Waals surface area contributed by atoms with Gasteiger partial charge in [0.15, 0.2) is 12.6 Å². The summed E-state index contributed by atoms with van der Waals surface area (Å²) in [4.78, 5) is 9.98. The molecule has 0 bridgehead atoms. The average molecular weight is 554 g/mol. The summed E-state index contributed by atoms with van der Waals surface area (Å²) in [7, 11) is 6.62. The van der Waals surface area contributed by atoms with Crippen LogP contribution in [0.4, 0.5) is 13.2 Å². The molecule has 0 spiro atoms. The van der Waals surface area contributed by atoms with Crippen molar-refractivity contribution in [2.75, 3.05) is 34.9 Å². The Labute approximate surface area is 196 Å². The van der Waals surface area contributed by atoms with Crippen molar-refractivity contribution >= 4 is 29.9 Å². The molecule has 2 rings (SSSR count). The van der Waals surface area contributed by atoms with E-state index in [0.717, 1.165) is 5.56 Å². The van der Waals surface area contributed by atoms with Gasteiger partial charge in [-0.1, -0.05) is 6.07 Å². The Morgan fingerprint density at radius 3 is 2.52 bits per heavy atom. The van der Waals surface area contributed by atoms with Crippen molar-refractivity contribution in [2.24, 2.45) is 4.99 Å². The van der Waals surface area contributed by atoms with Gasteiger partial charge in [-0.05, 0) is 18.2 Å². The summed E-state index contributed by atoms with van der Waals surface area (Å²) < 4.78 is 52.8. The molecule has 0 unspecified atom stereocenters. The second-order valence-electron chi connectivity index (χ2n) is 6.31. The maximum Gasteiger partial charge on any atom is 0.422 e. The standard InChI is InChI=1S/C20H25F3N4O3.HI/c1-24-19(27(2)12-15-7-8-16(28-3)10-17(15)29-4)26-11-14-6-5-9-25-18(14)30-13-20(21,22)23;/h5-10H,11-13H2,1-4H3,(H,24,26);1H. The van der Waals surface area contributed by atoms with Gasteiger partial charge in [0.1, 0.15) is 11.5 Å². The highest BCUT2D eigenvalue weighted by atomic mass is 127. The molecule has 1 aromatic heterocycles. The molecule has 0 aliphatic rings. The van der Waals surface area contributed by atoms with Gasteiger partial charge < -0.3 is 24.4 Å². The van der Waals surface area contributed by atoms with E-state index in [1.54, 1.807) is 39.5 Å². The molecule has 0 radical (unpaired) electrons. The number of ether oxygens (including phenoxy) is 3. The maximum absolute atomic E-state index is 12.5. The number of guanidine groups is 1. The Kier molecular flexibility index (Phi) is 10.7. The molecule has 0 aliphatic carbocycles. The van der Waals surface area contributed by atoms with Crippen LogP contribution in [0.3, 0.4) is 0 Å². The molecule has 31 heavy (non-hydrogen) atoms. The van der Waals surface area contributed by atoms with E-state index in [-0.39, 0.29) is 36.4 Å². The van der Waals surface area contributed by atoms with Gasteiger partial charge in [0.05, 0.1) is 14.2 Å². The van der Waals surface area contributed by atoms with Crippen LogP contribution in [-0.4, -0.2) is 56.9 Å². The number of hydrogen-bond acceptors (Lipinski definition) is 5. The van der Waals surface area contributed by atoms with Crippen molar-refractivity contribution in [2.45, 2.75) is 19.3 Å². The summed E-state index contributed by atoms with van der Waals surface area (Å²) in [6, 6.07) is 8.80. The molecule has 1 N–H and O–H groups in total. The molecule has 0 amide bonds. The Balaban J connectivity index is 0.00000480. The third-order valence-electron chi connectivity index (χ3n) is 4.13. The van der Waals surface area contributed by atoms with Crippen LogP contribution in [0.1, 0.15) is 11.1 Å². The van der Waals surface area contributed by atoms with E-state index in [9.17, 15) is 13.2 Å². The highest BCUT2D eigenvalue weighted by molar-refractivity contribution is 14.0.